The molecule has 1 aliphatic carbocycles. The van der Waals surface area contributed by atoms with Crippen LogP contribution in [-0.4, -0.2) is 71.1 Å². The lowest BCUT2D eigenvalue weighted by molar-refractivity contribution is -0.149. The fraction of sp³-hybridized carbons (Fsp3) is 0.889. The molecule has 0 spiro atoms. The molecule has 150 valence electrons. The van der Waals surface area contributed by atoms with E-state index in [1.54, 1.807) is 0 Å². The predicted molar refractivity (Wildman–Crippen MR) is 96.4 cm³/mol. The van der Waals surface area contributed by atoms with Crippen molar-refractivity contribution in [3.63, 3.8) is 0 Å². The number of aliphatic carboxylic acids is 1. The van der Waals surface area contributed by atoms with Crippen LogP contribution in [0.15, 0.2) is 0 Å². The van der Waals surface area contributed by atoms with Crippen molar-refractivity contribution in [3.8, 4) is 0 Å². The minimum absolute atomic E-state index is 0.204. The van der Waals surface area contributed by atoms with Crippen LogP contribution in [0.4, 0.5) is 0 Å². The standard InChI is InChI=1S/C18H33N3O5/c1-2-3-7-14(15(22)16(23)24)19-17(25)18(8-5-4-6-9-18)20-21-10-12-26-13-11-21/h14-15,20,22H,2-13H2,1H3,(H,19,25)(H,23,24)/t14-,15?/m0/s1. The summed E-state index contributed by atoms with van der Waals surface area (Å²) in [6.07, 6.45) is 4.89. The van der Waals surface area contributed by atoms with Crippen molar-refractivity contribution < 1.29 is 24.5 Å². The molecule has 8 nitrogen and oxygen atoms in total. The first kappa shape index (κ1) is 21.1. The molecule has 8 heteroatoms. The average Bonchev–Trinajstić information content (AvgIpc) is 2.65. The number of aliphatic hydroxyl groups excluding tert-OH is 1. The Morgan fingerprint density at radius 3 is 2.42 bits per heavy atom. The average molecular weight is 371 g/mol. The van der Waals surface area contributed by atoms with Crippen LogP contribution < -0.4 is 10.7 Å². The summed E-state index contributed by atoms with van der Waals surface area (Å²) in [5, 5.41) is 24.0. The second kappa shape index (κ2) is 10.2. The van der Waals surface area contributed by atoms with E-state index in [0.29, 0.717) is 45.6 Å². The van der Waals surface area contributed by atoms with Crippen molar-refractivity contribution in [1.82, 2.24) is 15.8 Å². The Bertz CT molecular complexity index is 462. The molecular weight excluding hydrogens is 338 g/mol. The van der Waals surface area contributed by atoms with Gasteiger partial charge in [0, 0.05) is 13.1 Å². The minimum Gasteiger partial charge on any atom is -0.479 e. The number of ether oxygens (including phenoxy) is 1. The van der Waals surface area contributed by atoms with Crippen molar-refractivity contribution in [3.05, 3.63) is 0 Å². The van der Waals surface area contributed by atoms with Gasteiger partial charge < -0.3 is 20.3 Å². The monoisotopic (exact) mass is 371 g/mol. The van der Waals surface area contributed by atoms with Gasteiger partial charge in [-0.05, 0) is 19.3 Å². The number of carbonyl (C=O) groups is 2. The number of carboxylic acids is 1. The smallest absolute Gasteiger partial charge is 0.334 e. The number of amides is 1. The number of nitrogens with one attached hydrogen (secondary N) is 2. The highest BCUT2D eigenvalue weighted by atomic mass is 16.5. The molecule has 0 radical (unpaired) electrons. The molecule has 1 saturated heterocycles. The number of hydrazine groups is 1. The van der Waals surface area contributed by atoms with Gasteiger partial charge >= 0.3 is 5.97 Å². The maximum Gasteiger partial charge on any atom is 0.334 e. The van der Waals surface area contributed by atoms with Crippen LogP contribution in [0, 0.1) is 0 Å². The zero-order chi connectivity index (χ0) is 19.0. The SMILES string of the molecule is CCCC[C@H](NC(=O)C1(NN2CCOCC2)CCCCC1)C(O)C(=O)O. The van der Waals surface area contributed by atoms with E-state index in [2.05, 4.69) is 10.7 Å². The van der Waals surface area contributed by atoms with E-state index in [0.717, 1.165) is 32.1 Å². The summed E-state index contributed by atoms with van der Waals surface area (Å²) < 4.78 is 5.37. The minimum atomic E-state index is -1.59. The van der Waals surface area contributed by atoms with Gasteiger partial charge in [-0.2, -0.15) is 0 Å². The molecule has 2 atom stereocenters. The second-order valence-electron chi connectivity index (χ2n) is 7.36. The van der Waals surface area contributed by atoms with Crippen LogP contribution in [-0.2, 0) is 14.3 Å². The number of aliphatic hydroxyl groups is 1. The fourth-order valence-corrected chi connectivity index (χ4v) is 3.73. The summed E-state index contributed by atoms with van der Waals surface area (Å²) >= 11 is 0. The molecule has 2 aliphatic rings. The Hall–Kier alpha value is -1.22. The molecule has 1 unspecified atom stereocenters. The number of rotatable bonds is 9. The molecule has 0 aromatic carbocycles. The molecule has 1 heterocycles. The number of nitrogens with zero attached hydrogens (tertiary/aromatic N) is 1. The zero-order valence-electron chi connectivity index (χ0n) is 15.7. The lowest BCUT2D eigenvalue weighted by Gasteiger charge is -2.42. The van der Waals surface area contributed by atoms with E-state index in [1.165, 1.54) is 0 Å². The topological polar surface area (TPSA) is 111 Å². The van der Waals surface area contributed by atoms with Gasteiger partial charge in [0.2, 0.25) is 5.91 Å². The molecule has 1 amide bonds. The van der Waals surface area contributed by atoms with Crippen LogP contribution in [0.3, 0.4) is 0 Å². The first-order valence-electron chi connectivity index (χ1n) is 9.81. The molecule has 0 bridgehead atoms. The van der Waals surface area contributed by atoms with Crippen LogP contribution in [0.5, 0.6) is 0 Å². The van der Waals surface area contributed by atoms with Gasteiger partial charge in [-0.15, -0.1) is 0 Å². The maximum atomic E-state index is 13.2. The van der Waals surface area contributed by atoms with Gasteiger partial charge in [0.1, 0.15) is 5.54 Å². The molecule has 26 heavy (non-hydrogen) atoms. The lowest BCUT2D eigenvalue weighted by Crippen LogP contribution is -2.66. The van der Waals surface area contributed by atoms with E-state index in [1.807, 2.05) is 11.9 Å². The van der Waals surface area contributed by atoms with Crippen molar-refractivity contribution >= 4 is 11.9 Å². The Morgan fingerprint density at radius 1 is 1.19 bits per heavy atom. The van der Waals surface area contributed by atoms with Crippen LogP contribution >= 0.6 is 0 Å². The van der Waals surface area contributed by atoms with Crippen LogP contribution in [0.1, 0.15) is 58.3 Å². The number of carbonyl (C=O) groups excluding carboxylic acids is 1. The van der Waals surface area contributed by atoms with E-state index in [9.17, 15) is 14.7 Å². The molecule has 2 rings (SSSR count). The number of carboxylic acid groups (broad SMARTS) is 1. The number of hydrogen-bond acceptors (Lipinski definition) is 6. The molecule has 0 aromatic rings. The molecule has 2 fully saturated rings. The summed E-state index contributed by atoms with van der Waals surface area (Å²) in [6.45, 7) is 4.68. The van der Waals surface area contributed by atoms with E-state index in [4.69, 9.17) is 9.84 Å². The predicted octanol–water partition coefficient (Wildman–Crippen LogP) is 0.647. The van der Waals surface area contributed by atoms with Crippen molar-refractivity contribution in [2.24, 2.45) is 0 Å². The summed E-state index contributed by atoms with van der Waals surface area (Å²) in [4.78, 5) is 24.4. The van der Waals surface area contributed by atoms with Gasteiger partial charge in [0.15, 0.2) is 6.10 Å². The zero-order valence-corrected chi connectivity index (χ0v) is 15.7. The first-order valence-corrected chi connectivity index (χ1v) is 9.81. The summed E-state index contributed by atoms with van der Waals surface area (Å²) in [7, 11) is 0. The van der Waals surface area contributed by atoms with Gasteiger partial charge in [0.25, 0.3) is 0 Å². The summed E-state index contributed by atoms with van der Waals surface area (Å²) in [6, 6.07) is -0.773. The highest BCUT2D eigenvalue weighted by molar-refractivity contribution is 5.87. The van der Waals surface area contributed by atoms with Gasteiger partial charge in [-0.1, -0.05) is 39.0 Å². The van der Waals surface area contributed by atoms with E-state index >= 15 is 0 Å². The van der Waals surface area contributed by atoms with Gasteiger partial charge in [0.05, 0.1) is 19.3 Å². The number of unbranched alkanes of at least 4 members (excludes halogenated alkanes) is 1. The molecular formula is C18H33N3O5. The Labute approximate surface area is 155 Å². The van der Waals surface area contributed by atoms with E-state index in [-0.39, 0.29) is 5.91 Å². The number of morpholine rings is 1. The normalized spacial score (nSPS) is 23.2. The van der Waals surface area contributed by atoms with Crippen molar-refractivity contribution in [2.45, 2.75) is 76.0 Å². The Balaban J connectivity index is 2.09. The van der Waals surface area contributed by atoms with Crippen LogP contribution in [0.2, 0.25) is 0 Å². The van der Waals surface area contributed by atoms with Gasteiger partial charge in [-0.25, -0.2) is 15.2 Å². The van der Waals surface area contributed by atoms with Crippen molar-refractivity contribution in [2.75, 3.05) is 26.3 Å². The third kappa shape index (κ3) is 5.64. The fourth-order valence-electron chi connectivity index (χ4n) is 3.73. The molecule has 0 aromatic heterocycles. The highest BCUT2D eigenvalue weighted by Crippen LogP contribution is 2.29. The highest BCUT2D eigenvalue weighted by Gasteiger charge is 2.42. The third-order valence-corrected chi connectivity index (χ3v) is 5.34. The quantitative estimate of drug-likeness (QED) is 0.471. The summed E-state index contributed by atoms with van der Waals surface area (Å²) in [5.74, 6) is -1.50. The molecule has 4 N–H and O–H groups in total. The Morgan fingerprint density at radius 2 is 1.85 bits per heavy atom. The first-order chi connectivity index (χ1) is 12.5. The molecule has 1 aliphatic heterocycles. The van der Waals surface area contributed by atoms with Gasteiger partial charge in [-0.3, -0.25) is 4.79 Å². The molecule has 1 saturated carbocycles. The third-order valence-electron chi connectivity index (χ3n) is 5.34. The van der Waals surface area contributed by atoms with Crippen LogP contribution in [0.25, 0.3) is 0 Å². The summed E-state index contributed by atoms with van der Waals surface area (Å²) in [5.41, 5.74) is 2.68. The maximum absolute atomic E-state index is 13.2. The Kier molecular flexibility index (Phi) is 8.27. The number of hydrogen-bond donors (Lipinski definition) is 4. The second-order valence-corrected chi connectivity index (χ2v) is 7.36. The van der Waals surface area contributed by atoms with E-state index < -0.39 is 23.7 Å². The van der Waals surface area contributed by atoms with Crippen molar-refractivity contribution in [1.29, 1.82) is 0 Å². The lowest BCUT2D eigenvalue weighted by atomic mass is 9.81. The largest absolute Gasteiger partial charge is 0.479 e.